The number of nitrogens with zero attached hydrogens (tertiary/aromatic N) is 2. The first-order chi connectivity index (χ1) is 7.34. The van der Waals surface area contributed by atoms with Crippen molar-refractivity contribution in [2.75, 3.05) is 19.7 Å². The van der Waals surface area contributed by atoms with Crippen LogP contribution in [0.5, 0.6) is 5.88 Å². The first kappa shape index (κ1) is 10.4. The molecule has 0 amide bonds. The highest BCUT2D eigenvalue weighted by atomic mass is 16.5. The van der Waals surface area contributed by atoms with Crippen LogP contribution in [0.25, 0.3) is 0 Å². The molecule has 4 heteroatoms. The van der Waals surface area contributed by atoms with E-state index in [2.05, 4.69) is 15.5 Å². The van der Waals surface area contributed by atoms with Crippen LogP contribution < -0.4 is 10.1 Å². The maximum atomic E-state index is 5.62. The molecule has 1 aromatic rings. The molecule has 2 heterocycles. The molecule has 0 spiro atoms. The Balaban J connectivity index is 1.81. The molecule has 0 radical (unpaired) electrons. The van der Waals surface area contributed by atoms with Gasteiger partial charge in [-0.3, -0.25) is 0 Å². The Morgan fingerprint density at radius 1 is 1.47 bits per heavy atom. The van der Waals surface area contributed by atoms with Crippen LogP contribution in [-0.2, 0) is 0 Å². The molecule has 1 fully saturated rings. The number of aromatic nitrogens is 2. The van der Waals surface area contributed by atoms with Gasteiger partial charge >= 0.3 is 0 Å². The molecule has 0 saturated carbocycles. The van der Waals surface area contributed by atoms with E-state index in [1.54, 1.807) is 6.20 Å². The number of ether oxygens (including phenoxy) is 1. The third-order valence-corrected chi connectivity index (χ3v) is 2.69. The van der Waals surface area contributed by atoms with Gasteiger partial charge in [-0.2, -0.15) is 5.10 Å². The number of hydrogen-bond donors (Lipinski definition) is 1. The van der Waals surface area contributed by atoms with Crippen LogP contribution in [0.4, 0.5) is 0 Å². The van der Waals surface area contributed by atoms with Crippen molar-refractivity contribution < 1.29 is 4.74 Å². The lowest BCUT2D eigenvalue weighted by molar-refractivity contribution is 0.207. The monoisotopic (exact) mass is 207 g/mol. The summed E-state index contributed by atoms with van der Waals surface area (Å²) < 4.78 is 5.62. The zero-order chi connectivity index (χ0) is 10.5. The Kier molecular flexibility index (Phi) is 3.50. The Morgan fingerprint density at radius 3 is 3.00 bits per heavy atom. The van der Waals surface area contributed by atoms with E-state index in [1.165, 1.54) is 12.8 Å². The van der Waals surface area contributed by atoms with Gasteiger partial charge in [-0.15, -0.1) is 5.10 Å². The Labute approximate surface area is 90.1 Å². The largest absolute Gasteiger partial charge is 0.476 e. The van der Waals surface area contributed by atoms with Crippen molar-refractivity contribution in [3.8, 4) is 5.88 Å². The van der Waals surface area contributed by atoms with Crippen molar-refractivity contribution in [3.05, 3.63) is 17.8 Å². The van der Waals surface area contributed by atoms with Crippen LogP contribution >= 0.6 is 0 Å². The highest BCUT2D eigenvalue weighted by Gasteiger charge is 2.13. The van der Waals surface area contributed by atoms with E-state index in [1.807, 2.05) is 13.0 Å². The lowest BCUT2D eigenvalue weighted by atomic mass is 9.99. The zero-order valence-electron chi connectivity index (χ0n) is 9.07. The van der Waals surface area contributed by atoms with Gasteiger partial charge in [-0.25, -0.2) is 0 Å². The smallest absolute Gasteiger partial charge is 0.233 e. The molecule has 0 atom stereocenters. The van der Waals surface area contributed by atoms with E-state index in [0.29, 0.717) is 11.8 Å². The first-order valence-corrected chi connectivity index (χ1v) is 5.47. The van der Waals surface area contributed by atoms with E-state index in [4.69, 9.17) is 4.74 Å². The molecule has 1 aromatic heterocycles. The van der Waals surface area contributed by atoms with Gasteiger partial charge in [0, 0.05) is 6.07 Å². The van der Waals surface area contributed by atoms with Crippen molar-refractivity contribution in [2.24, 2.45) is 5.92 Å². The second-order valence-electron chi connectivity index (χ2n) is 4.08. The summed E-state index contributed by atoms with van der Waals surface area (Å²) in [5, 5.41) is 11.1. The molecule has 1 aliphatic rings. The summed E-state index contributed by atoms with van der Waals surface area (Å²) in [6.07, 6.45) is 4.12. The number of rotatable bonds is 3. The fourth-order valence-electron chi connectivity index (χ4n) is 1.76. The average molecular weight is 207 g/mol. The van der Waals surface area contributed by atoms with E-state index < -0.39 is 0 Å². The van der Waals surface area contributed by atoms with Crippen LogP contribution in [-0.4, -0.2) is 29.9 Å². The highest BCUT2D eigenvalue weighted by molar-refractivity contribution is 5.14. The Hall–Kier alpha value is -1.16. The highest BCUT2D eigenvalue weighted by Crippen LogP contribution is 2.14. The van der Waals surface area contributed by atoms with Crippen molar-refractivity contribution in [1.82, 2.24) is 15.5 Å². The van der Waals surface area contributed by atoms with Gasteiger partial charge in [0.15, 0.2) is 0 Å². The fourth-order valence-corrected chi connectivity index (χ4v) is 1.76. The molecule has 0 aromatic carbocycles. The van der Waals surface area contributed by atoms with Crippen LogP contribution in [0.15, 0.2) is 12.3 Å². The average Bonchev–Trinajstić information content (AvgIpc) is 2.28. The normalized spacial score (nSPS) is 17.7. The van der Waals surface area contributed by atoms with Gasteiger partial charge in [-0.05, 0) is 44.3 Å². The van der Waals surface area contributed by atoms with Crippen molar-refractivity contribution in [3.63, 3.8) is 0 Å². The third-order valence-electron chi connectivity index (χ3n) is 2.69. The van der Waals surface area contributed by atoms with Crippen LogP contribution in [0.3, 0.4) is 0 Å². The van der Waals surface area contributed by atoms with Gasteiger partial charge in [0.05, 0.1) is 12.8 Å². The Bertz CT molecular complexity index is 310. The zero-order valence-corrected chi connectivity index (χ0v) is 9.07. The predicted molar refractivity (Wildman–Crippen MR) is 57.9 cm³/mol. The number of hydrogen-bond acceptors (Lipinski definition) is 4. The van der Waals surface area contributed by atoms with Crippen molar-refractivity contribution in [1.29, 1.82) is 0 Å². The fraction of sp³-hybridized carbons (Fsp3) is 0.636. The number of nitrogens with one attached hydrogen (secondary N) is 1. The second kappa shape index (κ2) is 5.07. The van der Waals surface area contributed by atoms with Gasteiger partial charge in [-0.1, -0.05) is 0 Å². The summed E-state index contributed by atoms with van der Waals surface area (Å²) in [5.74, 6) is 1.31. The number of aryl methyl sites for hydroxylation is 1. The van der Waals surface area contributed by atoms with Crippen LogP contribution in [0.2, 0.25) is 0 Å². The van der Waals surface area contributed by atoms with E-state index in [0.717, 1.165) is 25.3 Å². The summed E-state index contributed by atoms with van der Waals surface area (Å²) in [5.41, 5.74) is 1.09. The molecule has 1 saturated heterocycles. The predicted octanol–water partition coefficient (Wildman–Crippen LogP) is 1.16. The minimum atomic E-state index is 0.647. The van der Waals surface area contributed by atoms with Gasteiger partial charge in [0.25, 0.3) is 0 Å². The van der Waals surface area contributed by atoms with E-state index in [-0.39, 0.29) is 0 Å². The minimum Gasteiger partial charge on any atom is -0.476 e. The SMILES string of the molecule is Cc1cnnc(OCC2CCNCC2)c1. The van der Waals surface area contributed by atoms with E-state index in [9.17, 15) is 0 Å². The maximum Gasteiger partial charge on any atom is 0.233 e. The Morgan fingerprint density at radius 2 is 2.27 bits per heavy atom. The van der Waals surface area contributed by atoms with Crippen molar-refractivity contribution >= 4 is 0 Å². The molecule has 1 N–H and O–H groups in total. The summed E-state index contributed by atoms with van der Waals surface area (Å²) >= 11 is 0. The summed E-state index contributed by atoms with van der Waals surface area (Å²) in [6.45, 7) is 4.97. The number of piperidine rings is 1. The minimum absolute atomic E-state index is 0.647. The molecular weight excluding hydrogens is 190 g/mol. The molecule has 2 rings (SSSR count). The molecular formula is C11H17N3O. The molecule has 15 heavy (non-hydrogen) atoms. The van der Waals surface area contributed by atoms with Crippen LogP contribution in [0.1, 0.15) is 18.4 Å². The summed E-state index contributed by atoms with van der Waals surface area (Å²) in [4.78, 5) is 0. The molecule has 0 aliphatic carbocycles. The third kappa shape index (κ3) is 3.16. The molecule has 0 bridgehead atoms. The molecule has 82 valence electrons. The quantitative estimate of drug-likeness (QED) is 0.808. The van der Waals surface area contributed by atoms with Gasteiger partial charge < -0.3 is 10.1 Å². The lowest BCUT2D eigenvalue weighted by Crippen LogP contribution is -2.30. The maximum absolute atomic E-state index is 5.62. The molecule has 0 unspecified atom stereocenters. The van der Waals surface area contributed by atoms with Gasteiger partial charge in [0.1, 0.15) is 0 Å². The topological polar surface area (TPSA) is 47.0 Å². The van der Waals surface area contributed by atoms with Crippen LogP contribution in [0, 0.1) is 12.8 Å². The van der Waals surface area contributed by atoms with E-state index >= 15 is 0 Å². The first-order valence-electron chi connectivity index (χ1n) is 5.47. The molecule has 4 nitrogen and oxygen atoms in total. The summed E-state index contributed by atoms with van der Waals surface area (Å²) in [7, 11) is 0. The summed E-state index contributed by atoms with van der Waals surface area (Å²) in [6, 6.07) is 1.92. The standard InChI is InChI=1S/C11H17N3O/c1-9-6-11(14-13-7-9)15-8-10-2-4-12-5-3-10/h6-7,10,12H,2-5,8H2,1H3. The second-order valence-corrected chi connectivity index (χ2v) is 4.08. The van der Waals surface area contributed by atoms with Crippen molar-refractivity contribution in [2.45, 2.75) is 19.8 Å². The van der Waals surface area contributed by atoms with Gasteiger partial charge in [0.2, 0.25) is 5.88 Å². The molecule has 1 aliphatic heterocycles. The lowest BCUT2D eigenvalue weighted by Gasteiger charge is -2.22.